The molecule has 0 spiro atoms. The van der Waals surface area contributed by atoms with E-state index < -0.39 is 0 Å². The van der Waals surface area contributed by atoms with Crippen LogP contribution in [0.1, 0.15) is 66.7 Å². The minimum Gasteiger partial charge on any atom is -0.479 e. The number of aromatic nitrogens is 1. The molecule has 2 aromatic rings. The molecule has 1 amide bonds. The van der Waals surface area contributed by atoms with Crippen molar-refractivity contribution in [2.45, 2.75) is 72.0 Å². The van der Waals surface area contributed by atoms with E-state index in [9.17, 15) is 9.59 Å². The summed E-state index contributed by atoms with van der Waals surface area (Å²) >= 11 is 6.51. The Morgan fingerprint density at radius 3 is 2.37 bits per heavy atom. The maximum absolute atomic E-state index is 13.2. The third-order valence-corrected chi connectivity index (χ3v) is 7.24. The van der Waals surface area contributed by atoms with Gasteiger partial charge in [-0.1, -0.05) is 11.6 Å². The van der Waals surface area contributed by atoms with Crippen molar-refractivity contribution in [3.8, 4) is 5.88 Å². The highest BCUT2D eigenvalue weighted by molar-refractivity contribution is 6.31. The third-order valence-electron chi connectivity index (χ3n) is 7.02. The summed E-state index contributed by atoms with van der Waals surface area (Å²) < 4.78 is 5.60. The average Bonchev–Trinajstić information content (AvgIpc) is 2.81. The Kier molecular flexibility index (Phi) is 9.25. The van der Waals surface area contributed by atoms with Gasteiger partial charge in [0.15, 0.2) is 11.3 Å². The monoisotopic (exact) mass is 502 g/mol. The number of rotatable bonds is 9. The number of carbonyl (C=O) groups excluding carboxylic acids is 1. The average molecular weight is 503 g/mol. The van der Waals surface area contributed by atoms with Gasteiger partial charge in [-0.15, -0.1) is 0 Å². The van der Waals surface area contributed by atoms with Crippen molar-refractivity contribution >= 4 is 23.2 Å². The number of aryl methyl sites for hydroxylation is 1. The summed E-state index contributed by atoms with van der Waals surface area (Å²) in [6.45, 7) is 9.10. The number of halogens is 1. The Morgan fingerprint density at radius 2 is 1.77 bits per heavy atom. The fourth-order valence-corrected chi connectivity index (χ4v) is 5.31. The quantitative estimate of drug-likeness (QED) is 0.521. The molecule has 7 nitrogen and oxygen atoms in total. The molecule has 0 aliphatic heterocycles. The van der Waals surface area contributed by atoms with Crippen molar-refractivity contribution in [2.75, 3.05) is 32.1 Å². The summed E-state index contributed by atoms with van der Waals surface area (Å²) in [5.41, 5.74) is 3.36. The van der Waals surface area contributed by atoms with E-state index in [0.717, 1.165) is 43.5 Å². The molecule has 0 bridgehead atoms. The molecule has 2 N–H and O–H groups in total. The van der Waals surface area contributed by atoms with E-state index >= 15 is 0 Å². The van der Waals surface area contributed by atoms with E-state index in [2.05, 4.69) is 41.1 Å². The normalized spacial score (nSPS) is 17.9. The molecule has 1 heterocycles. The first-order valence-corrected chi connectivity index (χ1v) is 12.9. The molecule has 0 saturated heterocycles. The number of aromatic amines is 1. The van der Waals surface area contributed by atoms with Gasteiger partial charge >= 0.3 is 0 Å². The van der Waals surface area contributed by atoms with E-state index in [4.69, 9.17) is 16.3 Å². The number of H-pyrrole nitrogens is 1. The van der Waals surface area contributed by atoms with Crippen LogP contribution in [0.4, 0.5) is 5.69 Å². The lowest BCUT2D eigenvalue weighted by Gasteiger charge is -2.40. The molecule has 1 saturated carbocycles. The molecule has 1 aromatic heterocycles. The maximum atomic E-state index is 13.2. The first kappa shape index (κ1) is 27.1. The molecule has 1 aliphatic rings. The molecule has 0 unspecified atom stereocenters. The summed E-state index contributed by atoms with van der Waals surface area (Å²) in [4.78, 5) is 33.6. The van der Waals surface area contributed by atoms with Crippen LogP contribution in [0.25, 0.3) is 0 Å². The van der Waals surface area contributed by atoms with Crippen LogP contribution in [0.5, 0.6) is 5.88 Å². The van der Waals surface area contributed by atoms with E-state index in [0.29, 0.717) is 46.4 Å². The second-order valence-corrected chi connectivity index (χ2v) is 9.99. The first-order valence-electron chi connectivity index (χ1n) is 12.5. The standard InChI is InChI=1S/C27H39ClN4O3/c1-7-32(21-11-9-20(10-12-21)31(5)6)24-15-19(28)14-22(18(24)4)26(34)29-16-23-25(33)13-17(3)30-27(23)35-8-2/h13-15,20-21H,7-12,16H2,1-6H3,(H,29,34)(H,30,33)/t20-,21-. The maximum Gasteiger partial charge on any atom is 0.251 e. The second-order valence-electron chi connectivity index (χ2n) is 9.55. The van der Waals surface area contributed by atoms with Gasteiger partial charge in [0.25, 0.3) is 5.91 Å². The van der Waals surface area contributed by atoms with Crippen molar-refractivity contribution in [3.05, 3.63) is 55.8 Å². The zero-order valence-corrected chi connectivity index (χ0v) is 22.6. The van der Waals surface area contributed by atoms with Crippen molar-refractivity contribution in [1.29, 1.82) is 0 Å². The van der Waals surface area contributed by atoms with Crippen molar-refractivity contribution in [3.63, 3.8) is 0 Å². The van der Waals surface area contributed by atoms with E-state index in [1.165, 1.54) is 6.07 Å². The molecule has 1 fully saturated rings. The minimum absolute atomic E-state index is 0.0666. The van der Waals surface area contributed by atoms with Crippen LogP contribution in [-0.2, 0) is 6.54 Å². The minimum atomic E-state index is -0.263. The lowest BCUT2D eigenvalue weighted by atomic mass is 9.89. The molecule has 192 valence electrons. The van der Waals surface area contributed by atoms with Crippen LogP contribution < -0.4 is 20.4 Å². The molecule has 0 atom stereocenters. The van der Waals surface area contributed by atoms with Gasteiger partial charge in [0.1, 0.15) is 0 Å². The lowest BCUT2D eigenvalue weighted by Crippen LogP contribution is -2.42. The third kappa shape index (κ3) is 6.39. The van der Waals surface area contributed by atoms with Gasteiger partial charge in [-0.05, 0) is 85.2 Å². The zero-order chi connectivity index (χ0) is 25.7. The summed E-state index contributed by atoms with van der Waals surface area (Å²) in [7, 11) is 4.30. The van der Waals surface area contributed by atoms with Crippen LogP contribution in [0, 0.1) is 13.8 Å². The number of carbonyl (C=O) groups is 1. The molecule has 1 aromatic carbocycles. The Morgan fingerprint density at radius 1 is 1.11 bits per heavy atom. The molecule has 0 radical (unpaired) electrons. The second kappa shape index (κ2) is 12.0. The van der Waals surface area contributed by atoms with Crippen molar-refractivity contribution < 1.29 is 9.53 Å². The number of pyridine rings is 1. The Labute approximate surface area is 213 Å². The molecular weight excluding hydrogens is 464 g/mol. The van der Waals surface area contributed by atoms with Crippen LogP contribution in [0.3, 0.4) is 0 Å². The van der Waals surface area contributed by atoms with Gasteiger partial charge in [0.2, 0.25) is 0 Å². The molecule has 1 aliphatic carbocycles. The first-order chi connectivity index (χ1) is 16.7. The van der Waals surface area contributed by atoms with Crippen LogP contribution in [0.15, 0.2) is 23.0 Å². The number of nitrogens with zero attached hydrogens (tertiary/aromatic N) is 2. The summed E-state index contributed by atoms with van der Waals surface area (Å²) in [6, 6.07) is 6.22. The Hall–Kier alpha value is -2.51. The smallest absolute Gasteiger partial charge is 0.251 e. The van der Waals surface area contributed by atoms with E-state index in [1.54, 1.807) is 13.0 Å². The highest BCUT2D eigenvalue weighted by Gasteiger charge is 2.28. The highest BCUT2D eigenvalue weighted by atomic mass is 35.5. The fourth-order valence-electron chi connectivity index (χ4n) is 5.10. The van der Waals surface area contributed by atoms with Gasteiger partial charge in [0.05, 0.1) is 18.7 Å². The Balaban J connectivity index is 1.82. The number of hydrogen-bond donors (Lipinski definition) is 2. The number of nitrogens with one attached hydrogen (secondary N) is 2. The predicted molar refractivity (Wildman–Crippen MR) is 143 cm³/mol. The predicted octanol–water partition coefficient (Wildman–Crippen LogP) is 4.67. The van der Waals surface area contributed by atoms with Crippen LogP contribution >= 0.6 is 11.6 Å². The number of ether oxygens (including phenoxy) is 1. The van der Waals surface area contributed by atoms with Crippen LogP contribution in [0.2, 0.25) is 5.02 Å². The topological polar surface area (TPSA) is 77.7 Å². The number of hydrogen-bond acceptors (Lipinski definition) is 5. The summed E-state index contributed by atoms with van der Waals surface area (Å²) in [5.74, 6) is 0.132. The molecular formula is C27H39ClN4O3. The van der Waals surface area contributed by atoms with E-state index in [-0.39, 0.29) is 17.9 Å². The highest BCUT2D eigenvalue weighted by Crippen LogP contribution is 2.34. The van der Waals surface area contributed by atoms with Crippen molar-refractivity contribution in [2.24, 2.45) is 0 Å². The number of amides is 1. The molecule has 8 heteroatoms. The van der Waals surface area contributed by atoms with Gasteiger partial charge in [-0.2, -0.15) is 0 Å². The van der Waals surface area contributed by atoms with Crippen molar-refractivity contribution in [1.82, 2.24) is 15.2 Å². The number of anilines is 1. The largest absolute Gasteiger partial charge is 0.479 e. The summed E-state index contributed by atoms with van der Waals surface area (Å²) in [6.07, 6.45) is 4.55. The zero-order valence-electron chi connectivity index (χ0n) is 21.8. The lowest BCUT2D eigenvalue weighted by molar-refractivity contribution is 0.0950. The summed E-state index contributed by atoms with van der Waals surface area (Å²) in [5, 5.41) is 3.43. The fraction of sp³-hybridized carbons (Fsp3) is 0.556. The molecule has 35 heavy (non-hydrogen) atoms. The van der Waals surface area contributed by atoms with Gasteiger partial charge in [0, 0.05) is 46.7 Å². The van der Waals surface area contributed by atoms with Gasteiger partial charge in [-0.3, -0.25) is 9.59 Å². The van der Waals surface area contributed by atoms with Gasteiger partial charge in [-0.25, -0.2) is 0 Å². The number of benzene rings is 1. The molecule has 3 rings (SSSR count). The van der Waals surface area contributed by atoms with E-state index in [1.807, 2.05) is 19.9 Å². The van der Waals surface area contributed by atoms with Gasteiger partial charge < -0.3 is 24.8 Å². The Bertz CT molecular complexity index is 1090. The van der Waals surface area contributed by atoms with Crippen LogP contribution in [-0.4, -0.2) is 55.1 Å². The SMILES string of the molecule is CCOc1[nH]c(C)cc(=O)c1CNC(=O)c1cc(Cl)cc(N(CC)[C@H]2CC[C@H](N(C)C)CC2)c1C.